The highest BCUT2D eigenvalue weighted by Crippen LogP contribution is 2.40. The molecule has 2 unspecified atom stereocenters. The number of nitriles is 1. The van der Waals surface area contributed by atoms with Crippen LogP contribution in [-0.2, 0) is 24.6 Å². The second-order valence-corrected chi connectivity index (χ2v) is 5.05. The molecule has 122 valence electrons. The number of rotatable bonds is 5. The fourth-order valence-electron chi connectivity index (χ4n) is 2.74. The summed E-state index contributed by atoms with van der Waals surface area (Å²) in [5.41, 5.74) is -1.18. The number of fused-ring (bicyclic) bond motifs is 1. The van der Waals surface area contributed by atoms with E-state index in [1.807, 2.05) is 6.07 Å². The molecule has 0 bridgehead atoms. The summed E-state index contributed by atoms with van der Waals surface area (Å²) in [6.07, 6.45) is 1.99. The minimum absolute atomic E-state index is 0.136. The van der Waals surface area contributed by atoms with Crippen LogP contribution in [0.5, 0.6) is 0 Å². The first-order chi connectivity index (χ1) is 10.9. The predicted octanol–water partition coefficient (Wildman–Crippen LogP) is 0.946. The summed E-state index contributed by atoms with van der Waals surface area (Å²) in [7, 11) is 1.43. The van der Waals surface area contributed by atoms with Crippen molar-refractivity contribution in [1.29, 1.82) is 5.26 Å². The van der Waals surface area contributed by atoms with Crippen LogP contribution in [0, 0.1) is 11.3 Å². The summed E-state index contributed by atoms with van der Waals surface area (Å²) in [5.74, 6) is -0.672. The van der Waals surface area contributed by atoms with Gasteiger partial charge in [0.25, 0.3) is 0 Å². The molecule has 0 spiro atoms. The van der Waals surface area contributed by atoms with Crippen LogP contribution in [0.1, 0.15) is 26.3 Å². The van der Waals surface area contributed by atoms with Gasteiger partial charge in [0.1, 0.15) is 17.5 Å². The van der Waals surface area contributed by atoms with Gasteiger partial charge in [0, 0.05) is 13.3 Å². The van der Waals surface area contributed by atoms with Gasteiger partial charge in [0.05, 0.1) is 24.5 Å². The Hall–Kier alpha value is -2.66. The van der Waals surface area contributed by atoms with Crippen LogP contribution >= 0.6 is 0 Å². The number of carbonyl (C=O) groups excluding carboxylic acids is 2. The second kappa shape index (κ2) is 6.22. The summed E-state index contributed by atoms with van der Waals surface area (Å²) in [6, 6.07) is 1.99. The zero-order chi connectivity index (χ0) is 17.2. The molecule has 1 aliphatic heterocycles. The number of nitrogens with one attached hydrogen (secondary N) is 1. The van der Waals surface area contributed by atoms with E-state index in [9.17, 15) is 14.9 Å². The van der Waals surface area contributed by atoms with Crippen LogP contribution in [0.4, 0.5) is 5.82 Å². The van der Waals surface area contributed by atoms with Crippen molar-refractivity contribution >= 4 is 17.6 Å². The van der Waals surface area contributed by atoms with Crippen LogP contribution in [-0.4, -0.2) is 41.4 Å². The maximum Gasteiger partial charge on any atom is 0.341 e. The lowest BCUT2D eigenvalue weighted by Crippen LogP contribution is -2.57. The van der Waals surface area contributed by atoms with Gasteiger partial charge in [-0.05, 0) is 20.8 Å². The van der Waals surface area contributed by atoms with E-state index in [0.29, 0.717) is 5.82 Å². The Balaban J connectivity index is 2.80. The molecule has 1 aromatic rings. The maximum atomic E-state index is 12.8. The normalized spacial score (nSPS) is 20.6. The molecule has 2 atom stereocenters. The van der Waals surface area contributed by atoms with Gasteiger partial charge >= 0.3 is 5.97 Å². The minimum Gasteiger partial charge on any atom is -0.464 e. The number of Topliss-reactive ketones (excluding diaryl/α,β-unsaturated/α-hetero) is 1. The highest BCUT2D eigenvalue weighted by Gasteiger charge is 2.56. The summed E-state index contributed by atoms with van der Waals surface area (Å²) in [6.45, 7) is 4.81. The van der Waals surface area contributed by atoms with Gasteiger partial charge in [-0.15, -0.1) is 0 Å². The standard InChI is InChI=1S/C15H18N4O4/c1-5-23-14(21)15(10(3)22-4)12(9(2)20)8-17-13-11(6-16)7-18-19(13)15/h7-8,10,17H,5H2,1-4H3. The molecule has 0 aromatic carbocycles. The lowest BCUT2D eigenvalue weighted by Gasteiger charge is -2.40. The molecule has 0 radical (unpaired) electrons. The number of aromatic nitrogens is 2. The number of anilines is 1. The quantitative estimate of drug-likeness (QED) is 0.805. The number of ether oxygens (including phenoxy) is 2. The molecular formula is C15H18N4O4. The van der Waals surface area contributed by atoms with Crippen molar-refractivity contribution in [2.45, 2.75) is 32.4 Å². The molecule has 8 heteroatoms. The number of esters is 1. The predicted molar refractivity (Wildman–Crippen MR) is 80.4 cm³/mol. The molecule has 8 nitrogen and oxygen atoms in total. The molecule has 0 amide bonds. The molecule has 2 rings (SSSR count). The average Bonchev–Trinajstić information content (AvgIpc) is 2.96. The highest BCUT2D eigenvalue weighted by atomic mass is 16.5. The molecule has 23 heavy (non-hydrogen) atoms. The minimum atomic E-state index is -1.59. The van der Waals surface area contributed by atoms with E-state index >= 15 is 0 Å². The molecular weight excluding hydrogens is 300 g/mol. The summed E-state index contributed by atoms with van der Waals surface area (Å²) >= 11 is 0. The summed E-state index contributed by atoms with van der Waals surface area (Å²) < 4.78 is 11.9. The molecule has 2 heterocycles. The van der Waals surface area contributed by atoms with Crippen LogP contribution in [0.3, 0.4) is 0 Å². The van der Waals surface area contributed by atoms with Crippen molar-refractivity contribution in [3.63, 3.8) is 0 Å². The molecule has 0 saturated carbocycles. The zero-order valence-electron chi connectivity index (χ0n) is 13.4. The lowest BCUT2D eigenvalue weighted by atomic mass is 9.81. The van der Waals surface area contributed by atoms with Gasteiger partial charge in [-0.25, -0.2) is 9.48 Å². The number of hydrogen-bond donors (Lipinski definition) is 1. The SMILES string of the molecule is CCOC(=O)C1(C(C)OC)C(C(C)=O)=CNc2c(C#N)cnn21. The van der Waals surface area contributed by atoms with E-state index in [1.165, 1.54) is 31.1 Å². The Bertz CT molecular complexity index is 716. The molecule has 1 aromatic heterocycles. The number of methoxy groups -OCH3 is 1. The van der Waals surface area contributed by atoms with Crippen LogP contribution in [0.25, 0.3) is 0 Å². The van der Waals surface area contributed by atoms with E-state index in [2.05, 4.69) is 10.4 Å². The van der Waals surface area contributed by atoms with Gasteiger partial charge in [0.15, 0.2) is 5.78 Å². The third kappa shape index (κ3) is 2.29. The second-order valence-electron chi connectivity index (χ2n) is 5.05. The van der Waals surface area contributed by atoms with E-state index in [1.54, 1.807) is 13.8 Å². The summed E-state index contributed by atoms with van der Waals surface area (Å²) in [5, 5.41) is 16.2. The molecule has 0 fully saturated rings. The van der Waals surface area contributed by atoms with Gasteiger partial charge in [0.2, 0.25) is 5.54 Å². The van der Waals surface area contributed by atoms with E-state index in [0.717, 1.165) is 0 Å². The molecule has 0 saturated heterocycles. The first kappa shape index (κ1) is 16.7. The van der Waals surface area contributed by atoms with Crippen molar-refractivity contribution in [2.75, 3.05) is 19.0 Å². The Morgan fingerprint density at radius 2 is 2.26 bits per heavy atom. The largest absolute Gasteiger partial charge is 0.464 e. The third-order valence-electron chi connectivity index (χ3n) is 3.90. The maximum absolute atomic E-state index is 12.8. The smallest absolute Gasteiger partial charge is 0.341 e. The van der Waals surface area contributed by atoms with Crippen LogP contribution in [0.2, 0.25) is 0 Å². The van der Waals surface area contributed by atoms with Crippen molar-refractivity contribution in [1.82, 2.24) is 9.78 Å². The van der Waals surface area contributed by atoms with Crippen molar-refractivity contribution in [3.8, 4) is 6.07 Å². The molecule has 0 aliphatic carbocycles. The monoisotopic (exact) mass is 318 g/mol. The first-order valence-corrected chi connectivity index (χ1v) is 7.11. The van der Waals surface area contributed by atoms with Gasteiger partial charge in [-0.3, -0.25) is 4.79 Å². The zero-order valence-corrected chi connectivity index (χ0v) is 13.4. The Morgan fingerprint density at radius 1 is 1.57 bits per heavy atom. The van der Waals surface area contributed by atoms with Gasteiger partial charge < -0.3 is 14.8 Å². The summed E-state index contributed by atoms with van der Waals surface area (Å²) in [4.78, 5) is 25.0. The molecule has 1 N–H and O–H groups in total. The van der Waals surface area contributed by atoms with Crippen molar-refractivity contribution in [3.05, 3.63) is 23.5 Å². The van der Waals surface area contributed by atoms with E-state index in [-0.39, 0.29) is 23.5 Å². The Morgan fingerprint density at radius 3 is 2.78 bits per heavy atom. The third-order valence-corrected chi connectivity index (χ3v) is 3.90. The fourth-order valence-corrected chi connectivity index (χ4v) is 2.74. The van der Waals surface area contributed by atoms with E-state index in [4.69, 9.17) is 9.47 Å². The van der Waals surface area contributed by atoms with Crippen LogP contribution < -0.4 is 5.32 Å². The van der Waals surface area contributed by atoms with Gasteiger partial charge in [-0.2, -0.15) is 10.4 Å². The average molecular weight is 318 g/mol. The topological polar surface area (TPSA) is 106 Å². The number of hydrogen-bond acceptors (Lipinski definition) is 7. The van der Waals surface area contributed by atoms with Gasteiger partial charge in [-0.1, -0.05) is 0 Å². The number of nitrogens with zero attached hydrogens (tertiary/aromatic N) is 3. The van der Waals surface area contributed by atoms with E-state index < -0.39 is 17.6 Å². The molecule has 1 aliphatic rings. The fraction of sp³-hybridized carbons (Fsp3) is 0.467. The highest BCUT2D eigenvalue weighted by molar-refractivity contribution is 6.04. The lowest BCUT2D eigenvalue weighted by molar-refractivity contribution is -0.160. The van der Waals surface area contributed by atoms with Crippen molar-refractivity contribution < 1.29 is 19.1 Å². The Kier molecular flexibility index (Phi) is 4.52. The van der Waals surface area contributed by atoms with Crippen molar-refractivity contribution in [2.24, 2.45) is 0 Å². The first-order valence-electron chi connectivity index (χ1n) is 7.11. The Labute approximate surface area is 133 Å². The number of carbonyl (C=O) groups is 2. The number of ketones is 1. The van der Waals surface area contributed by atoms with Crippen LogP contribution in [0.15, 0.2) is 18.0 Å².